The lowest BCUT2D eigenvalue weighted by molar-refractivity contribution is 0.0652. The molecule has 0 aliphatic rings. The first kappa shape index (κ1) is 24.7. The second kappa shape index (κ2) is 10.0. The molecule has 0 aromatic heterocycles. The van der Waals surface area contributed by atoms with Gasteiger partial charge in [0.2, 0.25) is 0 Å². The summed E-state index contributed by atoms with van der Waals surface area (Å²) < 4.78 is 6.04. The SMILES string of the molecule is O=C(O)c1cccc(-c2cccc(Oc3ccccc3)c2-c2cccc(C(=O)O)c2C(=O)O)c1C(=O)O. The van der Waals surface area contributed by atoms with Crippen LogP contribution in [0.25, 0.3) is 22.3 Å². The van der Waals surface area contributed by atoms with Gasteiger partial charge in [-0.1, -0.05) is 54.6 Å². The maximum atomic E-state index is 12.3. The summed E-state index contributed by atoms with van der Waals surface area (Å²) in [4.78, 5) is 48.1. The van der Waals surface area contributed by atoms with E-state index in [0.29, 0.717) is 5.75 Å². The number of ether oxygens (including phenoxy) is 1. The zero-order valence-electron chi connectivity index (χ0n) is 18.9. The normalized spacial score (nSPS) is 10.5. The molecule has 0 radical (unpaired) electrons. The van der Waals surface area contributed by atoms with E-state index in [0.717, 1.165) is 12.1 Å². The molecular weight excluding hydrogens is 480 g/mol. The minimum Gasteiger partial charge on any atom is -0.478 e. The summed E-state index contributed by atoms with van der Waals surface area (Å²) in [6.07, 6.45) is 0. The number of hydrogen-bond donors (Lipinski definition) is 4. The molecule has 0 heterocycles. The van der Waals surface area contributed by atoms with Crippen LogP contribution < -0.4 is 4.74 Å². The van der Waals surface area contributed by atoms with E-state index in [9.17, 15) is 39.6 Å². The van der Waals surface area contributed by atoms with Crippen molar-refractivity contribution in [2.75, 3.05) is 0 Å². The topological polar surface area (TPSA) is 158 Å². The molecule has 37 heavy (non-hydrogen) atoms. The van der Waals surface area contributed by atoms with E-state index in [1.807, 2.05) is 0 Å². The van der Waals surface area contributed by atoms with Crippen LogP contribution in [-0.2, 0) is 0 Å². The van der Waals surface area contributed by atoms with Gasteiger partial charge in [-0.25, -0.2) is 19.2 Å². The van der Waals surface area contributed by atoms with Crippen molar-refractivity contribution in [3.8, 4) is 33.8 Å². The highest BCUT2D eigenvalue weighted by molar-refractivity contribution is 6.11. The summed E-state index contributed by atoms with van der Waals surface area (Å²) in [6.45, 7) is 0. The third-order valence-corrected chi connectivity index (χ3v) is 5.57. The van der Waals surface area contributed by atoms with Crippen molar-refractivity contribution in [2.45, 2.75) is 0 Å². The van der Waals surface area contributed by atoms with Crippen molar-refractivity contribution in [1.29, 1.82) is 0 Å². The van der Waals surface area contributed by atoms with Crippen LogP contribution in [0.15, 0.2) is 84.9 Å². The maximum absolute atomic E-state index is 12.3. The number of aromatic carboxylic acids is 4. The van der Waals surface area contributed by atoms with E-state index in [1.165, 1.54) is 42.5 Å². The molecule has 9 nitrogen and oxygen atoms in total. The molecule has 0 saturated heterocycles. The van der Waals surface area contributed by atoms with Crippen LogP contribution in [0.2, 0.25) is 0 Å². The van der Waals surface area contributed by atoms with E-state index in [-0.39, 0.29) is 28.0 Å². The lowest BCUT2D eigenvalue weighted by Gasteiger charge is -2.20. The van der Waals surface area contributed by atoms with Crippen LogP contribution in [0.4, 0.5) is 0 Å². The molecule has 9 heteroatoms. The lowest BCUT2D eigenvalue weighted by atomic mass is 9.86. The summed E-state index contributed by atoms with van der Waals surface area (Å²) in [5.74, 6) is -5.48. The van der Waals surface area contributed by atoms with Gasteiger partial charge in [0.15, 0.2) is 0 Å². The summed E-state index contributed by atoms with van der Waals surface area (Å²) in [6, 6.07) is 20.8. The number of carbonyl (C=O) groups is 4. The molecule has 0 spiro atoms. The number of carboxylic acid groups (broad SMARTS) is 4. The van der Waals surface area contributed by atoms with Gasteiger partial charge in [-0.15, -0.1) is 0 Å². The first-order valence-electron chi connectivity index (χ1n) is 10.8. The van der Waals surface area contributed by atoms with Crippen molar-refractivity contribution in [3.63, 3.8) is 0 Å². The Balaban J connectivity index is 2.14. The summed E-state index contributed by atoms with van der Waals surface area (Å²) in [7, 11) is 0. The first-order chi connectivity index (χ1) is 17.7. The van der Waals surface area contributed by atoms with Gasteiger partial charge in [0.05, 0.1) is 22.3 Å². The molecule has 184 valence electrons. The molecule has 4 aromatic carbocycles. The molecule has 0 amide bonds. The zero-order valence-corrected chi connectivity index (χ0v) is 18.9. The molecule has 4 rings (SSSR count). The summed E-state index contributed by atoms with van der Waals surface area (Å²) in [5, 5.41) is 39.2. The molecule has 0 saturated carbocycles. The standard InChI is InChI=1S/C28H18O9/c29-25(30)19-12-4-9-17(23(19)27(33)34)16-10-6-14-21(37-15-7-2-1-3-8-15)22(16)18-11-5-13-20(26(31)32)24(18)28(35)36/h1-14H,(H,29,30)(H,31,32)(H,33,34)(H,35,36). The molecule has 0 unspecified atom stereocenters. The third-order valence-electron chi connectivity index (χ3n) is 5.57. The minimum absolute atomic E-state index is 0.0158. The van der Waals surface area contributed by atoms with E-state index in [1.54, 1.807) is 30.3 Å². The highest BCUT2D eigenvalue weighted by Crippen LogP contribution is 2.44. The third kappa shape index (κ3) is 4.73. The van der Waals surface area contributed by atoms with Crippen LogP contribution in [0, 0.1) is 0 Å². The fourth-order valence-corrected chi connectivity index (χ4v) is 4.09. The molecular formula is C28H18O9. The maximum Gasteiger partial charge on any atom is 0.337 e. The predicted octanol–water partition coefficient (Wildman–Crippen LogP) is 5.61. The fourth-order valence-electron chi connectivity index (χ4n) is 4.09. The van der Waals surface area contributed by atoms with Gasteiger partial charge >= 0.3 is 23.9 Å². The molecule has 4 aromatic rings. The van der Waals surface area contributed by atoms with E-state index in [2.05, 4.69) is 0 Å². The first-order valence-corrected chi connectivity index (χ1v) is 10.8. The molecule has 0 atom stereocenters. The smallest absolute Gasteiger partial charge is 0.337 e. The number of hydrogen-bond acceptors (Lipinski definition) is 5. The Labute approximate surface area is 209 Å². The monoisotopic (exact) mass is 498 g/mol. The van der Waals surface area contributed by atoms with Crippen molar-refractivity contribution in [1.82, 2.24) is 0 Å². The average molecular weight is 498 g/mol. The Morgan fingerprint density at radius 1 is 0.486 bits per heavy atom. The number of carboxylic acids is 4. The van der Waals surface area contributed by atoms with Gasteiger partial charge < -0.3 is 25.2 Å². The molecule has 0 aliphatic heterocycles. The fraction of sp³-hybridized carbons (Fsp3) is 0. The molecule has 0 fully saturated rings. The van der Waals surface area contributed by atoms with Crippen molar-refractivity contribution in [2.24, 2.45) is 0 Å². The Morgan fingerprint density at radius 3 is 1.51 bits per heavy atom. The second-order valence-corrected chi connectivity index (χ2v) is 7.77. The van der Waals surface area contributed by atoms with Crippen molar-refractivity contribution >= 4 is 23.9 Å². The number of para-hydroxylation sites is 1. The lowest BCUT2D eigenvalue weighted by Crippen LogP contribution is -2.12. The van der Waals surface area contributed by atoms with Gasteiger partial charge in [0.25, 0.3) is 0 Å². The largest absolute Gasteiger partial charge is 0.478 e. The number of rotatable bonds is 8. The highest BCUT2D eigenvalue weighted by atomic mass is 16.5. The van der Waals surface area contributed by atoms with Crippen LogP contribution in [0.5, 0.6) is 11.5 Å². The van der Waals surface area contributed by atoms with Gasteiger partial charge in [-0.05, 0) is 41.5 Å². The van der Waals surface area contributed by atoms with E-state index in [4.69, 9.17) is 4.74 Å². The Morgan fingerprint density at radius 2 is 0.973 bits per heavy atom. The summed E-state index contributed by atoms with van der Waals surface area (Å²) in [5.41, 5.74) is -1.85. The van der Waals surface area contributed by atoms with Crippen molar-refractivity contribution in [3.05, 3.63) is 107 Å². The molecule has 0 bridgehead atoms. The Kier molecular flexibility index (Phi) is 6.70. The van der Waals surface area contributed by atoms with Crippen LogP contribution in [0.3, 0.4) is 0 Å². The predicted molar refractivity (Wildman–Crippen MR) is 132 cm³/mol. The van der Waals surface area contributed by atoms with Gasteiger partial charge in [0, 0.05) is 11.1 Å². The Bertz CT molecular complexity index is 1560. The van der Waals surface area contributed by atoms with E-state index < -0.39 is 46.1 Å². The summed E-state index contributed by atoms with van der Waals surface area (Å²) >= 11 is 0. The van der Waals surface area contributed by atoms with Crippen LogP contribution in [0.1, 0.15) is 41.4 Å². The Hall–Kier alpha value is -5.44. The quantitative estimate of drug-likeness (QED) is 0.242. The van der Waals surface area contributed by atoms with E-state index >= 15 is 0 Å². The molecule has 0 aliphatic carbocycles. The highest BCUT2D eigenvalue weighted by Gasteiger charge is 2.28. The zero-order chi connectivity index (χ0) is 26.7. The van der Waals surface area contributed by atoms with Gasteiger partial charge in [-0.2, -0.15) is 0 Å². The van der Waals surface area contributed by atoms with Crippen LogP contribution >= 0.6 is 0 Å². The van der Waals surface area contributed by atoms with Crippen molar-refractivity contribution < 1.29 is 44.3 Å². The minimum atomic E-state index is -1.52. The second-order valence-electron chi connectivity index (χ2n) is 7.77. The van der Waals surface area contributed by atoms with Gasteiger partial charge in [-0.3, -0.25) is 0 Å². The van der Waals surface area contributed by atoms with Crippen LogP contribution in [-0.4, -0.2) is 44.3 Å². The average Bonchev–Trinajstić information content (AvgIpc) is 2.88. The molecule has 4 N–H and O–H groups in total. The van der Waals surface area contributed by atoms with Gasteiger partial charge in [0.1, 0.15) is 11.5 Å². The number of benzene rings is 4.